The van der Waals surface area contributed by atoms with Crippen molar-refractivity contribution >= 4 is 12.0 Å². The van der Waals surface area contributed by atoms with E-state index in [1.165, 1.54) is 11.8 Å². The van der Waals surface area contributed by atoms with Crippen molar-refractivity contribution < 1.29 is 19.8 Å². The lowest BCUT2D eigenvalue weighted by Crippen LogP contribution is -2.47. The molecule has 0 rings (SSSR count). The number of carbonyl (C=O) groups is 2. The second kappa shape index (κ2) is 6.20. The third-order valence-corrected chi connectivity index (χ3v) is 1.75. The highest BCUT2D eigenvalue weighted by Gasteiger charge is 2.17. The Bertz CT molecular complexity index is 208. The molecule has 0 aromatic heterocycles. The van der Waals surface area contributed by atoms with E-state index in [-0.39, 0.29) is 13.2 Å². The first-order valence-electron chi connectivity index (χ1n) is 4.42. The third kappa shape index (κ3) is 4.08. The van der Waals surface area contributed by atoms with E-state index in [4.69, 9.17) is 10.2 Å². The van der Waals surface area contributed by atoms with Gasteiger partial charge in [0, 0.05) is 13.1 Å². The summed E-state index contributed by atoms with van der Waals surface area (Å²) in [5, 5.41) is 19.4. The van der Waals surface area contributed by atoms with Gasteiger partial charge in [-0.05, 0) is 13.8 Å². The summed E-state index contributed by atoms with van der Waals surface area (Å²) in [7, 11) is 0. The third-order valence-electron chi connectivity index (χ3n) is 1.75. The molecule has 1 atom stereocenters. The van der Waals surface area contributed by atoms with Crippen LogP contribution in [0.3, 0.4) is 0 Å². The van der Waals surface area contributed by atoms with Gasteiger partial charge in [-0.25, -0.2) is 4.79 Å². The van der Waals surface area contributed by atoms with Crippen molar-refractivity contribution in [1.82, 2.24) is 10.2 Å². The summed E-state index contributed by atoms with van der Waals surface area (Å²) in [5.74, 6) is -1.08. The van der Waals surface area contributed by atoms with E-state index in [0.717, 1.165) is 0 Å². The number of rotatable bonds is 5. The molecule has 0 aliphatic rings. The predicted molar refractivity (Wildman–Crippen MR) is 50.0 cm³/mol. The van der Waals surface area contributed by atoms with Gasteiger partial charge in [0.1, 0.15) is 6.04 Å². The number of nitrogens with one attached hydrogen (secondary N) is 1. The minimum Gasteiger partial charge on any atom is -0.480 e. The van der Waals surface area contributed by atoms with Crippen LogP contribution in [-0.2, 0) is 4.79 Å². The van der Waals surface area contributed by atoms with Gasteiger partial charge in [0.15, 0.2) is 0 Å². The highest BCUT2D eigenvalue weighted by atomic mass is 16.4. The van der Waals surface area contributed by atoms with Crippen LogP contribution in [0.1, 0.15) is 13.8 Å². The number of nitrogens with zero attached hydrogens (tertiary/aromatic N) is 1. The lowest BCUT2D eigenvalue weighted by molar-refractivity contribution is -0.138. The summed E-state index contributed by atoms with van der Waals surface area (Å²) in [6, 6.07) is -1.40. The summed E-state index contributed by atoms with van der Waals surface area (Å²) in [6.45, 7) is 3.63. The van der Waals surface area contributed by atoms with E-state index in [0.29, 0.717) is 6.54 Å². The maximum Gasteiger partial charge on any atom is 0.325 e. The Morgan fingerprint density at radius 2 is 2.07 bits per heavy atom. The number of hydrogen-bond acceptors (Lipinski definition) is 3. The molecule has 0 spiro atoms. The average Bonchev–Trinajstić information content (AvgIpc) is 2.13. The van der Waals surface area contributed by atoms with Crippen molar-refractivity contribution in [3.05, 3.63) is 0 Å². The van der Waals surface area contributed by atoms with Crippen molar-refractivity contribution in [2.75, 3.05) is 19.7 Å². The zero-order valence-corrected chi connectivity index (χ0v) is 8.36. The first kappa shape index (κ1) is 12.7. The fourth-order valence-corrected chi connectivity index (χ4v) is 0.862. The Morgan fingerprint density at radius 3 is 2.43 bits per heavy atom. The largest absolute Gasteiger partial charge is 0.480 e. The average molecular weight is 204 g/mol. The second-order valence-corrected chi connectivity index (χ2v) is 2.81. The first-order chi connectivity index (χ1) is 6.52. The zero-order chi connectivity index (χ0) is 11.1. The van der Waals surface area contributed by atoms with Crippen LogP contribution in [0.25, 0.3) is 0 Å². The molecular weight excluding hydrogens is 188 g/mol. The molecule has 14 heavy (non-hydrogen) atoms. The Kier molecular flexibility index (Phi) is 5.62. The van der Waals surface area contributed by atoms with E-state index in [2.05, 4.69) is 5.32 Å². The SMILES string of the molecule is CCN(CCO)C(=O)NC(C)C(=O)O. The van der Waals surface area contributed by atoms with E-state index in [1.54, 1.807) is 6.92 Å². The van der Waals surface area contributed by atoms with Gasteiger partial charge in [-0.2, -0.15) is 0 Å². The number of aliphatic hydroxyl groups excluding tert-OH is 1. The van der Waals surface area contributed by atoms with Crippen molar-refractivity contribution in [3.8, 4) is 0 Å². The standard InChI is InChI=1S/C8H16N2O4/c1-3-10(4-5-11)8(14)9-6(2)7(12)13/h6,11H,3-5H2,1-2H3,(H,9,14)(H,12,13). The topological polar surface area (TPSA) is 89.9 Å². The van der Waals surface area contributed by atoms with Crippen LogP contribution in [-0.4, -0.2) is 52.9 Å². The lowest BCUT2D eigenvalue weighted by Gasteiger charge is -2.21. The van der Waals surface area contributed by atoms with Gasteiger partial charge in [-0.3, -0.25) is 4.79 Å². The van der Waals surface area contributed by atoms with Gasteiger partial charge < -0.3 is 20.4 Å². The van der Waals surface area contributed by atoms with E-state index < -0.39 is 18.0 Å². The Hall–Kier alpha value is -1.30. The summed E-state index contributed by atoms with van der Waals surface area (Å²) in [4.78, 5) is 23.1. The molecule has 0 aliphatic heterocycles. The first-order valence-corrected chi connectivity index (χ1v) is 4.42. The minimum absolute atomic E-state index is 0.136. The van der Waals surface area contributed by atoms with E-state index in [1.807, 2.05) is 0 Å². The van der Waals surface area contributed by atoms with Gasteiger partial charge >= 0.3 is 12.0 Å². The number of aliphatic hydroxyl groups is 1. The molecule has 6 heteroatoms. The number of hydrogen-bond donors (Lipinski definition) is 3. The van der Waals surface area contributed by atoms with Crippen LogP contribution in [0.4, 0.5) is 4.79 Å². The fraction of sp³-hybridized carbons (Fsp3) is 0.750. The zero-order valence-electron chi connectivity index (χ0n) is 8.36. The summed E-state index contributed by atoms with van der Waals surface area (Å²) in [5.41, 5.74) is 0. The van der Waals surface area contributed by atoms with Crippen LogP contribution in [0.15, 0.2) is 0 Å². The molecule has 0 radical (unpaired) electrons. The van der Waals surface area contributed by atoms with Gasteiger partial charge in [0.05, 0.1) is 6.61 Å². The van der Waals surface area contributed by atoms with Gasteiger partial charge in [-0.1, -0.05) is 0 Å². The number of carboxylic acids is 1. The molecule has 0 aromatic rings. The summed E-state index contributed by atoms with van der Waals surface area (Å²) in [6.07, 6.45) is 0. The molecule has 0 fully saturated rings. The molecule has 0 aliphatic carbocycles. The highest BCUT2D eigenvalue weighted by Crippen LogP contribution is 1.90. The number of carboxylic acid groups (broad SMARTS) is 1. The highest BCUT2D eigenvalue weighted by molar-refractivity contribution is 5.82. The van der Waals surface area contributed by atoms with Crippen molar-refractivity contribution in [3.63, 3.8) is 0 Å². The van der Waals surface area contributed by atoms with E-state index in [9.17, 15) is 9.59 Å². The Labute approximate surface area is 82.5 Å². The van der Waals surface area contributed by atoms with Crippen LogP contribution >= 0.6 is 0 Å². The van der Waals surface area contributed by atoms with Gasteiger partial charge in [0.2, 0.25) is 0 Å². The van der Waals surface area contributed by atoms with Crippen LogP contribution in [0.2, 0.25) is 0 Å². The monoisotopic (exact) mass is 204 g/mol. The Balaban J connectivity index is 4.09. The molecular formula is C8H16N2O4. The fourth-order valence-electron chi connectivity index (χ4n) is 0.862. The van der Waals surface area contributed by atoms with Crippen molar-refractivity contribution in [2.24, 2.45) is 0 Å². The number of aliphatic carboxylic acids is 1. The van der Waals surface area contributed by atoms with Gasteiger partial charge in [-0.15, -0.1) is 0 Å². The number of carbonyl (C=O) groups excluding carboxylic acids is 1. The van der Waals surface area contributed by atoms with Crippen molar-refractivity contribution in [1.29, 1.82) is 0 Å². The molecule has 0 heterocycles. The normalized spacial score (nSPS) is 11.9. The number of likely N-dealkylation sites (N-methyl/N-ethyl adjacent to an activating group) is 1. The quantitative estimate of drug-likeness (QED) is 0.562. The minimum atomic E-state index is -1.08. The Morgan fingerprint density at radius 1 is 1.50 bits per heavy atom. The maximum atomic E-state index is 11.3. The number of amides is 2. The molecule has 0 saturated carbocycles. The molecule has 0 aromatic carbocycles. The van der Waals surface area contributed by atoms with E-state index >= 15 is 0 Å². The van der Waals surface area contributed by atoms with Crippen LogP contribution in [0.5, 0.6) is 0 Å². The van der Waals surface area contributed by atoms with Crippen LogP contribution < -0.4 is 5.32 Å². The molecule has 3 N–H and O–H groups in total. The second-order valence-electron chi connectivity index (χ2n) is 2.81. The summed E-state index contributed by atoms with van der Waals surface area (Å²) >= 11 is 0. The molecule has 1 unspecified atom stereocenters. The number of urea groups is 1. The maximum absolute atomic E-state index is 11.3. The molecule has 6 nitrogen and oxygen atoms in total. The molecule has 82 valence electrons. The predicted octanol–water partition coefficient (Wildman–Crippen LogP) is -0.517. The van der Waals surface area contributed by atoms with Gasteiger partial charge in [0.25, 0.3) is 0 Å². The lowest BCUT2D eigenvalue weighted by atomic mass is 10.3. The molecule has 0 saturated heterocycles. The summed E-state index contributed by atoms with van der Waals surface area (Å²) < 4.78 is 0. The smallest absolute Gasteiger partial charge is 0.325 e. The molecule has 2 amide bonds. The van der Waals surface area contributed by atoms with Crippen LogP contribution in [0, 0.1) is 0 Å². The molecule has 0 bridgehead atoms. The van der Waals surface area contributed by atoms with Crippen molar-refractivity contribution in [2.45, 2.75) is 19.9 Å².